The minimum absolute atomic E-state index is 0.105. The molecule has 0 radical (unpaired) electrons. The summed E-state index contributed by atoms with van der Waals surface area (Å²) in [5.41, 5.74) is 1.85. The third kappa shape index (κ3) is 7.04. The van der Waals surface area contributed by atoms with E-state index in [9.17, 15) is 34.1 Å². The molecule has 2 amide bonds. The summed E-state index contributed by atoms with van der Waals surface area (Å²) in [5.74, 6) is -4.43. The van der Waals surface area contributed by atoms with E-state index in [0.717, 1.165) is 11.1 Å². The van der Waals surface area contributed by atoms with Gasteiger partial charge in [-0.15, -0.1) is 0 Å². The first-order valence-electron chi connectivity index (χ1n) is 11.9. The number of hydrogen-bond donors (Lipinski definition) is 1. The molecule has 1 heterocycles. The van der Waals surface area contributed by atoms with Crippen LogP contribution in [0.25, 0.3) is 0 Å². The Bertz CT molecular complexity index is 1560. The molecule has 3 aromatic rings. The number of ketones is 1. The summed E-state index contributed by atoms with van der Waals surface area (Å²) in [6, 6.07) is 15.0. The number of carbonyl (C=O) groups excluding carboxylic acids is 5. The molecule has 1 atom stereocenters. The van der Waals surface area contributed by atoms with Crippen LogP contribution < -0.4 is 10.2 Å². The van der Waals surface area contributed by atoms with Crippen LogP contribution in [0.3, 0.4) is 0 Å². The van der Waals surface area contributed by atoms with Gasteiger partial charge in [-0.1, -0.05) is 35.3 Å². The molecule has 12 nitrogen and oxygen atoms in total. The molecule has 0 spiro atoms. The van der Waals surface area contributed by atoms with Gasteiger partial charge in [-0.3, -0.25) is 39.7 Å². The molecule has 0 unspecified atom stereocenters. The maximum absolute atomic E-state index is 12.5. The minimum atomic E-state index is -0.970. The predicted molar refractivity (Wildman–Crippen MR) is 144 cm³/mol. The normalized spacial score (nSPS) is 14.3. The second-order valence-corrected chi connectivity index (χ2v) is 9.53. The van der Waals surface area contributed by atoms with Gasteiger partial charge in [0, 0.05) is 23.1 Å². The summed E-state index contributed by atoms with van der Waals surface area (Å²) >= 11 is 11.8. The zero-order valence-corrected chi connectivity index (χ0v) is 22.4. The lowest BCUT2D eigenvalue weighted by Crippen LogP contribution is -2.43. The molecule has 1 saturated heterocycles. The smallest absolute Gasteiger partial charge is 0.345 e. The molecule has 1 N–H and O–H groups in total. The summed E-state index contributed by atoms with van der Waals surface area (Å²) in [5, 5.41) is 12.5. The van der Waals surface area contributed by atoms with Crippen molar-refractivity contribution in [3.05, 3.63) is 104 Å². The van der Waals surface area contributed by atoms with Crippen LogP contribution in [0.15, 0.2) is 66.7 Å². The highest BCUT2D eigenvalue weighted by molar-refractivity contribution is 6.36. The number of nitrogens with zero attached hydrogens (tertiary/aromatic N) is 2. The molecule has 0 saturated carbocycles. The third-order valence-electron chi connectivity index (χ3n) is 5.92. The standard InChI is InChI=1S/C27H19Cl2N3O9/c28-17-7-10-19(21(29)12-17)27(37)41-18-8-5-15(6-9-18)23(33)14-40-26(36)16-11-24(34)31(13-16)30-25(35)20-3-1-2-4-22(20)32(38)39/h1-10,12,16H,11,13-14H2,(H,30,35)/t16-/m0/s1. The average Bonchev–Trinajstić information content (AvgIpc) is 3.31. The Kier molecular flexibility index (Phi) is 8.95. The first-order valence-corrected chi connectivity index (χ1v) is 12.6. The molecule has 0 aliphatic carbocycles. The number of rotatable bonds is 9. The van der Waals surface area contributed by atoms with E-state index in [-0.39, 0.29) is 40.4 Å². The van der Waals surface area contributed by atoms with Gasteiger partial charge in [0.1, 0.15) is 11.3 Å². The second-order valence-electron chi connectivity index (χ2n) is 8.69. The number of nitro benzene ring substituents is 1. The van der Waals surface area contributed by atoms with Crippen LogP contribution >= 0.6 is 23.2 Å². The van der Waals surface area contributed by atoms with E-state index in [1.165, 1.54) is 60.7 Å². The predicted octanol–water partition coefficient (Wildman–Crippen LogP) is 4.04. The van der Waals surface area contributed by atoms with E-state index in [4.69, 9.17) is 32.7 Å². The Balaban J connectivity index is 1.28. The largest absolute Gasteiger partial charge is 0.457 e. The van der Waals surface area contributed by atoms with E-state index < -0.39 is 52.7 Å². The van der Waals surface area contributed by atoms with Crippen LogP contribution in [0, 0.1) is 16.0 Å². The van der Waals surface area contributed by atoms with E-state index in [0.29, 0.717) is 5.02 Å². The first-order chi connectivity index (χ1) is 19.5. The van der Waals surface area contributed by atoms with Gasteiger partial charge in [0.2, 0.25) is 5.91 Å². The summed E-state index contributed by atoms with van der Waals surface area (Å²) in [4.78, 5) is 72.6. The van der Waals surface area contributed by atoms with Crippen molar-refractivity contribution in [3.8, 4) is 5.75 Å². The lowest BCUT2D eigenvalue weighted by Gasteiger charge is -2.17. The number of hydrazine groups is 1. The van der Waals surface area contributed by atoms with E-state index in [2.05, 4.69) is 5.43 Å². The van der Waals surface area contributed by atoms with E-state index >= 15 is 0 Å². The molecule has 1 aliphatic heterocycles. The maximum Gasteiger partial charge on any atom is 0.345 e. The number of nitro groups is 1. The number of hydrogen-bond acceptors (Lipinski definition) is 9. The topological polar surface area (TPSA) is 162 Å². The SMILES string of the molecule is O=C(COC(=O)[C@H]1CC(=O)N(NC(=O)c2ccccc2[N+](=O)[O-])C1)c1ccc(OC(=O)c2ccc(Cl)cc2Cl)cc1. The van der Waals surface area contributed by atoms with Gasteiger partial charge in [-0.2, -0.15) is 0 Å². The maximum atomic E-state index is 12.5. The van der Waals surface area contributed by atoms with E-state index in [1.807, 2.05) is 0 Å². The molecular weight excluding hydrogens is 581 g/mol. The highest BCUT2D eigenvalue weighted by Crippen LogP contribution is 2.24. The number of carbonyl (C=O) groups is 5. The Labute approximate surface area is 241 Å². The van der Waals surface area contributed by atoms with Crippen LogP contribution in [-0.4, -0.2) is 52.6 Å². The van der Waals surface area contributed by atoms with Gasteiger partial charge < -0.3 is 9.47 Å². The molecular formula is C27H19Cl2N3O9. The zero-order chi connectivity index (χ0) is 29.7. The Morgan fingerprint density at radius 2 is 1.71 bits per heavy atom. The van der Waals surface area contributed by atoms with Crippen molar-refractivity contribution in [2.24, 2.45) is 5.92 Å². The molecule has 14 heteroatoms. The van der Waals surface area contributed by atoms with Crippen molar-refractivity contribution in [1.82, 2.24) is 10.4 Å². The number of amides is 2. The molecule has 0 bridgehead atoms. The number of Topliss-reactive ketones (excluding diaryl/α,β-unsaturated/α-hetero) is 1. The average molecular weight is 600 g/mol. The number of esters is 2. The Hall–Kier alpha value is -4.81. The fourth-order valence-electron chi connectivity index (χ4n) is 3.85. The molecule has 210 valence electrons. The van der Waals surface area contributed by atoms with Crippen molar-refractivity contribution >= 4 is 58.4 Å². The first kappa shape index (κ1) is 29.2. The van der Waals surface area contributed by atoms with Crippen molar-refractivity contribution < 1.29 is 38.4 Å². The van der Waals surface area contributed by atoms with Crippen molar-refractivity contribution in [2.75, 3.05) is 13.2 Å². The monoisotopic (exact) mass is 599 g/mol. The molecule has 4 rings (SSSR count). The van der Waals surface area contributed by atoms with Crippen LogP contribution in [-0.2, 0) is 14.3 Å². The number of nitrogens with one attached hydrogen (secondary N) is 1. The lowest BCUT2D eigenvalue weighted by molar-refractivity contribution is -0.385. The van der Waals surface area contributed by atoms with Gasteiger partial charge in [0.05, 0.1) is 28.0 Å². The molecule has 41 heavy (non-hydrogen) atoms. The molecule has 3 aromatic carbocycles. The van der Waals surface area contributed by atoms with Gasteiger partial charge in [0.25, 0.3) is 11.6 Å². The molecule has 1 aliphatic rings. The highest BCUT2D eigenvalue weighted by atomic mass is 35.5. The summed E-state index contributed by atoms with van der Waals surface area (Å²) in [6.45, 7) is -0.860. The number of para-hydroxylation sites is 1. The number of halogens is 2. The number of ether oxygens (including phenoxy) is 2. The van der Waals surface area contributed by atoms with Crippen LogP contribution in [0.2, 0.25) is 10.0 Å². The third-order valence-corrected chi connectivity index (χ3v) is 6.47. The zero-order valence-electron chi connectivity index (χ0n) is 20.9. The fraction of sp³-hybridized carbons (Fsp3) is 0.148. The van der Waals surface area contributed by atoms with Crippen LogP contribution in [0.5, 0.6) is 5.75 Å². The van der Waals surface area contributed by atoms with Gasteiger partial charge in [0.15, 0.2) is 12.4 Å². The summed E-state index contributed by atoms with van der Waals surface area (Å²) in [7, 11) is 0. The fourth-order valence-corrected chi connectivity index (χ4v) is 4.33. The summed E-state index contributed by atoms with van der Waals surface area (Å²) in [6.07, 6.45) is -0.290. The van der Waals surface area contributed by atoms with E-state index in [1.54, 1.807) is 0 Å². The minimum Gasteiger partial charge on any atom is -0.457 e. The number of benzene rings is 3. The second kappa shape index (κ2) is 12.6. The Morgan fingerprint density at radius 3 is 2.39 bits per heavy atom. The quantitative estimate of drug-likeness (QED) is 0.126. The van der Waals surface area contributed by atoms with Crippen molar-refractivity contribution in [3.63, 3.8) is 0 Å². The molecule has 1 fully saturated rings. The van der Waals surface area contributed by atoms with Crippen molar-refractivity contribution in [2.45, 2.75) is 6.42 Å². The molecule has 0 aromatic heterocycles. The van der Waals surface area contributed by atoms with Crippen LogP contribution in [0.4, 0.5) is 5.69 Å². The highest BCUT2D eigenvalue weighted by Gasteiger charge is 2.37. The van der Waals surface area contributed by atoms with Crippen LogP contribution in [0.1, 0.15) is 37.5 Å². The van der Waals surface area contributed by atoms with Gasteiger partial charge in [-0.25, -0.2) is 4.79 Å². The van der Waals surface area contributed by atoms with Gasteiger partial charge >= 0.3 is 11.9 Å². The van der Waals surface area contributed by atoms with Crippen molar-refractivity contribution in [1.29, 1.82) is 0 Å². The Morgan fingerprint density at radius 1 is 1.00 bits per heavy atom. The summed E-state index contributed by atoms with van der Waals surface area (Å²) < 4.78 is 10.3. The lowest BCUT2D eigenvalue weighted by atomic mass is 10.1. The van der Waals surface area contributed by atoms with Gasteiger partial charge in [-0.05, 0) is 48.5 Å².